The summed E-state index contributed by atoms with van der Waals surface area (Å²) in [6, 6.07) is 20.8. The van der Waals surface area contributed by atoms with E-state index in [2.05, 4.69) is 4.57 Å². The molecule has 0 saturated heterocycles. The van der Waals surface area contributed by atoms with Crippen molar-refractivity contribution in [3.63, 3.8) is 0 Å². The van der Waals surface area contributed by atoms with E-state index in [1.165, 1.54) is 6.20 Å². The van der Waals surface area contributed by atoms with Gasteiger partial charge in [-0.25, -0.2) is 0 Å². The Balaban J connectivity index is 1.78. The monoisotopic (exact) mass is 381 g/mol. The molecule has 2 heterocycles. The third kappa shape index (κ3) is 3.15. The molecule has 0 amide bonds. The van der Waals surface area contributed by atoms with Crippen molar-refractivity contribution >= 4 is 16.7 Å². The van der Waals surface area contributed by atoms with Crippen molar-refractivity contribution in [3.05, 3.63) is 99.6 Å². The number of hydrogen-bond acceptors (Lipinski definition) is 3. The van der Waals surface area contributed by atoms with Gasteiger partial charge < -0.3 is 9.13 Å². The molecule has 4 aromatic rings. The van der Waals surface area contributed by atoms with E-state index in [0.29, 0.717) is 16.5 Å². The second-order valence-corrected chi connectivity index (χ2v) is 7.01. The highest BCUT2D eigenvalue weighted by molar-refractivity contribution is 5.98. The van der Waals surface area contributed by atoms with E-state index in [1.807, 2.05) is 62.4 Å². The van der Waals surface area contributed by atoms with Crippen LogP contribution in [0.1, 0.15) is 27.3 Å². The van der Waals surface area contributed by atoms with Crippen LogP contribution in [0.3, 0.4) is 0 Å². The second kappa shape index (κ2) is 7.25. The summed E-state index contributed by atoms with van der Waals surface area (Å²) in [5, 5.41) is 9.75. The summed E-state index contributed by atoms with van der Waals surface area (Å²) >= 11 is 0. The van der Waals surface area contributed by atoms with Gasteiger partial charge in [0.15, 0.2) is 5.78 Å². The molecule has 0 aliphatic carbocycles. The number of pyridine rings is 1. The van der Waals surface area contributed by atoms with Gasteiger partial charge in [-0.05, 0) is 44.2 Å². The average Bonchev–Trinajstić information content (AvgIpc) is 3.05. The van der Waals surface area contributed by atoms with E-state index in [0.717, 1.165) is 17.1 Å². The predicted octanol–water partition coefficient (Wildman–Crippen LogP) is 4.16. The molecule has 0 saturated carbocycles. The number of carbonyl (C=O) groups excluding carboxylic acids is 1. The van der Waals surface area contributed by atoms with Crippen molar-refractivity contribution in [2.45, 2.75) is 20.4 Å². The lowest BCUT2D eigenvalue weighted by Crippen LogP contribution is -2.17. The molecule has 0 radical (unpaired) electrons. The molecule has 0 aliphatic rings. The minimum absolute atomic E-state index is 0.0336. The number of fused-ring (bicyclic) bond motifs is 1. The fourth-order valence-corrected chi connectivity index (χ4v) is 3.82. The zero-order valence-electron chi connectivity index (χ0n) is 16.2. The Hall–Kier alpha value is -3.91. The molecule has 0 aliphatic heterocycles. The third-order valence-corrected chi connectivity index (χ3v) is 5.17. The molecule has 2 aromatic carbocycles. The van der Waals surface area contributed by atoms with Crippen LogP contribution in [0.4, 0.5) is 0 Å². The van der Waals surface area contributed by atoms with Crippen LogP contribution in [0.15, 0.2) is 71.7 Å². The number of benzene rings is 2. The fourth-order valence-electron chi connectivity index (χ4n) is 3.82. The first kappa shape index (κ1) is 18.5. The highest BCUT2D eigenvalue weighted by Gasteiger charge is 2.18. The number of aryl methyl sites for hydroxylation is 1. The number of carbonyl (C=O) groups is 1. The number of hydrogen-bond donors (Lipinski definition) is 0. The van der Waals surface area contributed by atoms with Crippen molar-refractivity contribution in [1.82, 2.24) is 9.13 Å². The van der Waals surface area contributed by atoms with Crippen LogP contribution in [0.2, 0.25) is 0 Å². The molecule has 0 bridgehead atoms. The van der Waals surface area contributed by atoms with Gasteiger partial charge in [0.1, 0.15) is 11.6 Å². The maximum absolute atomic E-state index is 13.2. The summed E-state index contributed by atoms with van der Waals surface area (Å²) < 4.78 is 3.74. The normalized spacial score (nSPS) is 10.8. The largest absolute Gasteiger partial charge is 0.338 e. The summed E-state index contributed by atoms with van der Waals surface area (Å²) in [7, 11) is 0. The Labute approximate surface area is 168 Å². The summed E-state index contributed by atoms with van der Waals surface area (Å²) in [4.78, 5) is 25.6. The summed E-state index contributed by atoms with van der Waals surface area (Å²) in [6.45, 7) is 3.95. The van der Waals surface area contributed by atoms with Gasteiger partial charge in [0.25, 0.3) is 0 Å². The van der Waals surface area contributed by atoms with Gasteiger partial charge in [0.05, 0.1) is 12.1 Å². The molecule has 142 valence electrons. The molecule has 0 unspecified atom stereocenters. The summed E-state index contributed by atoms with van der Waals surface area (Å²) in [5.74, 6) is -0.0713. The van der Waals surface area contributed by atoms with E-state index in [-0.39, 0.29) is 23.3 Å². The molecular weight excluding hydrogens is 362 g/mol. The van der Waals surface area contributed by atoms with E-state index in [9.17, 15) is 14.9 Å². The number of nitriles is 1. The van der Waals surface area contributed by atoms with Crippen molar-refractivity contribution in [2.75, 3.05) is 0 Å². The van der Waals surface area contributed by atoms with Gasteiger partial charge >= 0.3 is 0 Å². The zero-order chi connectivity index (χ0) is 20.5. The van der Waals surface area contributed by atoms with E-state index in [1.54, 1.807) is 22.8 Å². The number of para-hydroxylation sites is 2. The van der Waals surface area contributed by atoms with Crippen LogP contribution in [0, 0.1) is 25.2 Å². The topological polar surface area (TPSA) is 67.8 Å². The molecule has 4 rings (SSSR count). The van der Waals surface area contributed by atoms with Gasteiger partial charge in [-0.3, -0.25) is 9.59 Å². The fraction of sp³-hybridized carbons (Fsp3) is 0.125. The SMILES string of the molecule is Cc1cc(C(=O)Cn2cc(C#N)c(=O)c3ccccc32)c(C)n1-c1ccccc1. The van der Waals surface area contributed by atoms with E-state index >= 15 is 0 Å². The Kier molecular flexibility index (Phi) is 4.61. The Morgan fingerprint density at radius 3 is 2.45 bits per heavy atom. The number of Topliss-reactive ketones (excluding diaryl/α,β-unsaturated/α-hetero) is 1. The van der Waals surface area contributed by atoms with Gasteiger partial charge in [0.2, 0.25) is 5.43 Å². The van der Waals surface area contributed by atoms with E-state index in [4.69, 9.17) is 0 Å². The van der Waals surface area contributed by atoms with Crippen molar-refractivity contribution in [2.24, 2.45) is 0 Å². The standard InChI is InChI=1S/C24H19N3O2/c1-16-12-21(17(2)27(16)19-8-4-3-5-9-19)23(28)15-26-14-18(13-25)24(29)20-10-6-7-11-22(20)26/h3-12,14H,15H2,1-2H3. The van der Waals surface area contributed by atoms with Crippen LogP contribution in [0.5, 0.6) is 0 Å². The predicted molar refractivity (Wildman–Crippen MR) is 112 cm³/mol. The van der Waals surface area contributed by atoms with Gasteiger partial charge in [0, 0.05) is 34.2 Å². The Morgan fingerprint density at radius 1 is 1.03 bits per heavy atom. The van der Waals surface area contributed by atoms with Crippen LogP contribution >= 0.6 is 0 Å². The number of ketones is 1. The maximum Gasteiger partial charge on any atom is 0.207 e. The van der Waals surface area contributed by atoms with Crippen LogP contribution in [0.25, 0.3) is 16.6 Å². The maximum atomic E-state index is 13.2. The highest BCUT2D eigenvalue weighted by atomic mass is 16.1. The second-order valence-electron chi connectivity index (χ2n) is 7.01. The van der Waals surface area contributed by atoms with Crippen LogP contribution < -0.4 is 5.43 Å². The lowest BCUT2D eigenvalue weighted by molar-refractivity contribution is 0.0973. The lowest BCUT2D eigenvalue weighted by Gasteiger charge is -2.12. The Bertz CT molecular complexity index is 1340. The molecule has 5 nitrogen and oxygen atoms in total. The quantitative estimate of drug-likeness (QED) is 0.499. The van der Waals surface area contributed by atoms with Crippen molar-refractivity contribution < 1.29 is 4.79 Å². The highest BCUT2D eigenvalue weighted by Crippen LogP contribution is 2.22. The van der Waals surface area contributed by atoms with Gasteiger partial charge in [-0.1, -0.05) is 30.3 Å². The lowest BCUT2D eigenvalue weighted by atomic mass is 10.1. The Morgan fingerprint density at radius 2 is 1.72 bits per heavy atom. The molecular formula is C24H19N3O2. The smallest absolute Gasteiger partial charge is 0.207 e. The molecule has 0 spiro atoms. The number of aromatic nitrogens is 2. The minimum Gasteiger partial charge on any atom is -0.338 e. The molecule has 0 atom stereocenters. The molecule has 5 heteroatoms. The minimum atomic E-state index is -0.311. The molecule has 29 heavy (non-hydrogen) atoms. The average molecular weight is 381 g/mol. The molecule has 0 N–H and O–H groups in total. The van der Waals surface area contributed by atoms with Gasteiger partial charge in [-0.2, -0.15) is 5.26 Å². The van der Waals surface area contributed by atoms with E-state index < -0.39 is 0 Å². The van der Waals surface area contributed by atoms with Crippen molar-refractivity contribution in [1.29, 1.82) is 5.26 Å². The molecule has 0 fully saturated rings. The first-order chi connectivity index (χ1) is 14.0. The summed E-state index contributed by atoms with van der Waals surface area (Å²) in [5.41, 5.74) is 3.83. The van der Waals surface area contributed by atoms with Crippen LogP contribution in [-0.2, 0) is 6.54 Å². The first-order valence-electron chi connectivity index (χ1n) is 9.31. The van der Waals surface area contributed by atoms with Crippen LogP contribution in [-0.4, -0.2) is 14.9 Å². The van der Waals surface area contributed by atoms with Gasteiger partial charge in [-0.15, -0.1) is 0 Å². The number of rotatable bonds is 4. The third-order valence-electron chi connectivity index (χ3n) is 5.17. The molecule has 2 aromatic heterocycles. The summed E-state index contributed by atoms with van der Waals surface area (Å²) in [6.07, 6.45) is 1.47. The first-order valence-corrected chi connectivity index (χ1v) is 9.31. The number of nitrogens with zero attached hydrogens (tertiary/aromatic N) is 3. The van der Waals surface area contributed by atoms with Crippen molar-refractivity contribution in [3.8, 4) is 11.8 Å². The zero-order valence-corrected chi connectivity index (χ0v) is 16.2.